The Morgan fingerprint density at radius 3 is 2.65 bits per heavy atom. The summed E-state index contributed by atoms with van der Waals surface area (Å²) >= 11 is 0. The first-order valence-corrected chi connectivity index (χ1v) is 8.21. The Hall–Kier alpha value is -0.830. The SMILES string of the molecule is CCNC(CCc1nccn1C)C1CCC(C)(C)CC1. The topological polar surface area (TPSA) is 29.9 Å². The maximum absolute atomic E-state index is 4.45. The molecule has 1 atom stereocenters. The van der Waals surface area contributed by atoms with Gasteiger partial charge in [0.2, 0.25) is 0 Å². The molecule has 1 fully saturated rings. The summed E-state index contributed by atoms with van der Waals surface area (Å²) in [7, 11) is 2.09. The van der Waals surface area contributed by atoms with Crippen LogP contribution in [0.1, 0.15) is 58.7 Å². The lowest BCUT2D eigenvalue weighted by Crippen LogP contribution is -2.39. The van der Waals surface area contributed by atoms with E-state index in [1.807, 2.05) is 12.4 Å². The normalized spacial score (nSPS) is 21.0. The Kier molecular flexibility index (Phi) is 5.25. The average Bonchev–Trinajstić information content (AvgIpc) is 2.80. The van der Waals surface area contributed by atoms with Crippen molar-refractivity contribution in [2.24, 2.45) is 18.4 Å². The Morgan fingerprint density at radius 2 is 2.10 bits per heavy atom. The van der Waals surface area contributed by atoms with Crippen molar-refractivity contribution in [1.82, 2.24) is 14.9 Å². The van der Waals surface area contributed by atoms with E-state index in [-0.39, 0.29) is 0 Å². The summed E-state index contributed by atoms with van der Waals surface area (Å²) in [6, 6.07) is 0.660. The van der Waals surface area contributed by atoms with E-state index in [9.17, 15) is 0 Å². The molecule has 114 valence electrons. The number of nitrogens with zero attached hydrogens (tertiary/aromatic N) is 2. The van der Waals surface area contributed by atoms with Crippen LogP contribution in [0.5, 0.6) is 0 Å². The van der Waals surface area contributed by atoms with Gasteiger partial charge in [0.1, 0.15) is 5.82 Å². The van der Waals surface area contributed by atoms with Crippen molar-refractivity contribution in [3.05, 3.63) is 18.2 Å². The van der Waals surface area contributed by atoms with Crippen LogP contribution in [0.15, 0.2) is 12.4 Å². The van der Waals surface area contributed by atoms with Crippen LogP contribution in [0.3, 0.4) is 0 Å². The van der Waals surface area contributed by atoms with E-state index in [1.54, 1.807) is 0 Å². The minimum Gasteiger partial charge on any atom is -0.338 e. The van der Waals surface area contributed by atoms with Gasteiger partial charge < -0.3 is 9.88 Å². The van der Waals surface area contributed by atoms with E-state index in [4.69, 9.17) is 0 Å². The molecule has 0 bridgehead atoms. The second-order valence-corrected chi connectivity index (χ2v) is 7.16. The fourth-order valence-electron chi connectivity index (χ4n) is 3.51. The van der Waals surface area contributed by atoms with Crippen LogP contribution in [-0.2, 0) is 13.5 Å². The first-order valence-electron chi connectivity index (χ1n) is 8.21. The van der Waals surface area contributed by atoms with Crippen LogP contribution in [0.2, 0.25) is 0 Å². The van der Waals surface area contributed by atoms with Gasteiger partial charge in [0.05, 0.1) is 0 Å². The second-order valence-electron chi connectivity index (χ2n) is 7.16. The number of imidazole rings is 1. The minimum absolute atomic E-state index is 0.562. The molecule has 3 nitrogen and oxygen atoms in total. The molecule has 20 heavy (non-hydrogen) atoms. The van der Waals surface area contributed by atoms with Crippen LogP contribution in [-0.4, -0.2) is 22.1 Å². The van der Waals surface area contributed by atoms with Crippen LogP contribution in [0.25, 0.3) is 0 Å². The summed E-state index contributed by atoms with van der Waals surface area (Å²) in [6.07, 6.45) is 11.8. The molecule has 1 unspecified atom stereocenters. The van der Waals surface area contributed by atoms with Crippen LogP contribution >= 0.6 is 0 Å². The zero-order valence-electron chi connectivity index (χ0n) is 13.7. The number of hydrogen-bond donors (Lipinski definition) is 1. The molecule has 1 heterocycles. The molecular formula is C17H31N3. The van der Waals surface area contributed by atoms with Crippen LogP contribution in [0, 0.1) is 11.3 Å². The third-order valence-corrected chi connectivity index (χ3v) is 5.02. The molecule has 0 aliphatic heterocycles. The largest absolute Gasteiger partial charge is 0.338 e. The minimum atomic E-state index is 0.562. The van der Waals surface area contributed by atoms with Gasteiger partial charge in [0, 0.05) is 31.9 Å². The van der Waals surface area contributed by atoms with Crippen molar-refractivity contribution < 1.29 is 0 Å². The number of aromatic nitrogens is 2. The average molecular weight is 277 g/mol. The van der Waals surface area contributed by atoms with E-state index in [1.165, 1.54) is 37.9 Å². The van der Waals surface area contributed by atoms with Gasteiger partial charge >= 0.3 is 0 Å². The molecule has 3 heteroatoms. The van der Waals surface area contributed by atoms with Crippen LogP contribution < -0.4 is 5.32 Å². The highest BCUT2D eigenvalue weighted by molar-refractivity contribution is 4.93. The highest BCUT2D eigenvalue weighted by Gasteiger charge is 2.30. The molecule has 1 N–H and O–H groups in total. The van der Waals surface area contributed by atoms with Crippen molar-refractivity contribution in [2.45, 2.75) is 65.3 Å². The molecule has 1 aromatic rings. The monoisotopic (exact) mass is 277 g/mol. The van der Waals surface area contributed by atoms with E-state index in [0.717, 1.165) is 18.9 Å². The van der Waals surface area contributed by atoms with Gasteiger partial charge in [-0.15, -0.1) is 0 Å². The molecule has 1 aromatic heterocycles. The van der Waals surface area contributed by atoms with Gasteiger partial charge in [-0.25, -0.2) is 4.98 Å². The Morgan fingerprint density at radius 1 is 1.40 bits per heavy atom. The number of aryl methyl sites for hydroxylation is 2. The van der Waals surface area contributed by atoms with Gasteiger partial charge in [0.15, 0.2) is 0 Å². The first kappa shape index (κ1) is 15.6. The predicted molar refractivity (Wildman–Crippen MR) is 84.7 cm³/mol. The standard InChI is InChI=1S/C17H31N3/c1-5-18-15(6-7-16-19-12-13-20(16)4)14-8-10-17(2,3)11-9-14/h12-15,18H,5-11H2,1-4H3. The quantitative estimate of drug-likeness (QED) is 0.862. The van der Waals surface area contributed by atoms with Crippen molar-refractivity contribution in [3.63, 3.8) is 0 Å². The fraction of sp³-hybridized carbons (Fsp3) is 0.824. The molecular weight excluding hydrogens is 246 g/mol. The lowest BCUT2D eigenvalue weighted by molar-refractivity contribution is 0.158. The maximum atomic E-state index is 4.45. The summed E-state index contributed by atoms with van der Waals surface area (Å²) in [5.41, 5.74) is 0.562. The Bertz CT molecular complexity index is 398. The van der Waals surface area contributed by atoms with Crippen molar-refractivity contribution >= 4 is 0 Å². The molecule has 0 saturated heterocycles. The highest BCUT2D eigenvalue weighted by Crippen LogP contribution is 2.39. The van der Waals surface area contributed by atoms with E-state index >= 15 is 0 Å². The van der Waals surface area contributed by atoms with Gasteiger partial charge in [0.25, 0.3) is 0 Å². The predicted octanol–water partition coefficient (Wildman–Crippen LogP) is 3.55. The number of hydrogen-bond acceptors (Lipinski definition) is 2. The molecule has 0 amide bonds. The molecule has 1 saturated carbocycles. The Balaban J connectivity index is 1.89. The third-order valence-electron chi connectivity index (χ3n) is 5.02. The van der Waals surface area contributed by atoms with Crippen LogP contribution in [0.4, 0.5) is 0 Å². The maximum Gasteiger partial charge on any atom is 0.108 e. The van der Waals surface area contributed by atoms with Crippen molar-refractivity contribution in [3.8, 4) is 0 Å². The van der Waals surface area contributed by atoms with Gasteiger partial charge in [-0.2, -0.15) is 0 Å². The summed E-state index contributed by atoms with van der Waals surface area (Å²) in [5, 5.41) is 3.72. The summed E-state index contributed by atoms with van der Waals surface area (Å²) in [5.74, 6) is 2.06. The molecule has 0 radical (unpaired) electrons. The summed E-state index contributed by atoms with van der Waals surface area (Å²) < 4.78 is 2.15. The van der Waals surface area contributed by atoms with Gasteiger partial charge in [-0.05, 0) is 50.0 Å². The molecule has 0 spiro atoms. The fourth-order valence-corrected chi connectivity index (χ4v) is 3.51. The van der Waals surface area contributed by atoms with Crippen molar-refractivity contribution in [2.75, 3.05) is 6.54 Å². The number of rotatable bonds is 6. The van der Waals surface area contributed by atoms with E-state index < -0.39 is 0 Å². The Labute approximate surface area is 124 Å². The zero-order valence-corrected chi connectivity index (χ0v) is 13.7. The lowest BCUT2D eigenvalue weighted by Gasteiger charge is -2.38. The zero-order chi connectivity index (χ0) is 14.6. The van der Waals surface area contributed by atoms with Gasteiger partial charge in [-0.3, -0.25) is 0 Å². The highest BCUT2D eigenvalue weighted by atomic mass is 15.0. The van der Waals surface area contributed by atoms with E-state index in [0.29, 0.717) is 11.5 Å². The molecule has 1 aliphatic rings. The number of nitrogens with one attached hydrogen (secondary N) is 1. The molecule has 2 rings (SSSR count). The third kappa shape index (κ3) is 4.08. The van der Waals surface area contributed by atoms with Gasteiger partial charge in [-0.1, -0.05) is 20.8 Å². The molecule has 1 aliphatic carbocycles. The smallest absolute Gasteiger partial charge is 0.108 e. The van der Waals surface area contributed by atoms with Crippen molar-refractivity contribution in [1.29, 1.82) is 0 Å². The first-order chi connectivity index (χ1) is 9.52. The van der Waals surface area contributed by atoms with E-state index in [2.05, 4.69) is 42.7 Å². The molecule has 0 aromatic carbocycles. The second kappa shape index (κ2) is 6.75. The lowest BCUT2D eigenvalue weighted by atomic mass is 9.70. The summed E-state index contributed by atoms with van der Waals surface area (Å²) in [6.45, 7) is 8.13. The summed E-state index contributed by atoms with van der Waals surface area (Å²) in [4.78, 5) is 4.45.